The number of piperazine rings is 1. The standard InChI is InChI=1S/C14H19ClN6O3S/c1-3-20-10-12(15)13(17-20)14(22)19-4-6-21(7-5-19)25(23,24)11-8-16-18(2)9-11/h8-10H,3-7H2,1-2H3. The number of sulfonamides is 1. The second-order valence-electron chi connectivity index (χ2n) is 5.73. The maximum absolute atomic E-state index is 12.6. The second kappa shape index (κ2) is 6.77. The molecule has 0 spiro atoms. The Bertz CT molecular complexity index is 882. The van der Waals surface area contributed by atoms with Crippen molar-refractivity contribution in [3.05, 3.63) is 29.3 Å². The number of aromatic nitrogens is 4. The number of nitrogens with zero attached hydrogens (tertiary/aromatic N) is 6. The third kappa shape index (κ3) is 3.42. The molecule has 1 amide bonds. The van der Waals surface area contributed by atoms with Crippen molar-refractivity contribution in [1.82, 2.24) is 28.8 Å². The van der Waals surface area contributed by atoms with Gasteiger partial charge in [-0.3, -0.25) is 14.2 Å². The van der Waals surface area contributed by atoms with E-state index in [9.17, 15) is 13.2 Å². The quantitative estimate of drug-likeness (QED) is 0.759. The van der Waals surface area contributed by atoms with Crippen LogP contribution < -0.4 is 0 Å². The maximum atomic E-state index is 12.6. The lowest BCUT2D eigenvalue weighted by atomic mass is 10.3. The molecule has 0 radical (unpaired) electrons. The van der Waals surface area contributed by atoms with E-state index in [1.165, 1.54) is 21.4 Å². The van der Waals surface area contributed by atoms with Crippen LogP contribution in [0, 0.1) is 0 Å². The third-order valence-electron chi connectivity index (χ3n) is 4.09. The van der Waals surface area contributed by atoms with E-state index in [0.29, 0.717) is 11.6 Å². The molecule has 25 heavy (non-hydrogen) atoms. The number of hydrogen-bond acceptors (Lipinski definition) is 5. The number of aryl methyl sites for hydroxylation is 2. The summed E-state index contributed by atoms with van der Waals surface area (Å²) >= 11 is 6.08. The van der Waals surface area contributed by atoms with Gasteiger partial charge in [0, 0.05) is 52.2 Å². The number of amides is 1. The second-order valence-corrected chi connectivity index (χ2v) is 8.07. The van der Waals surface area contributed by atoms with Crippen molar-refractivity contribution in [2.45, 2.75) is 18.4 Å². The molecular formula is C14H19ClN6O3S. The summed E-state index contributed by atoms with van der Waals surface area (Å²) in [6.45, 7) is 3.52. The molecule has 0 bridgehead atoms. The van der Waals surface area contributed by atoms with Crippen molar-refractivity contribution in [2.24, 2.45) is 7.05 Å². The minimum Gasteiger partial charge on any atom is -0.335 e. The molecular weight excluding hydrogens is 368 g/mol. The molecule has 0 atom stereocenters. The van der Waals surface area contributed by atoms with Gasteiger partial charge in [-0.25, -0.2) is 8.42 Å². The summed E-state index contributed by atoms with van der Waals surface area (Å²) in [5.74, 6) is -0.282. The summed E-state index contributed by atoms with van der Waals surface area (Å²) in [5.41, 5.74) is 0.201. The molecule has 2 aromatic rings. The summed E-state index contributed by atoms with van der Waals surface area (Å²) in [5, 5.41) is 8.38. The van der Waals surface area contributed by atoms with Gasteiger partial charge in [-0.05, 0) is 6.92 Å². The van der Waals surface area contributed by atoms with Crippen molar-refractivity contribution in [3.8, 4) is 0 Å². The van der Waals surface area contributed by atoms with Crippen molar-refractivity contribution >= 4 is 27.5 Å². The van der Waals surface area contributed by atoms with Crippen LogP contribution >= 0.6 is 11.6 Å². The first-order valence-electron chi connectivity index (χ1n) is 7.84. The first-order chi connectivity index (χ1) is 11.8. The normalized spacial score (nSPS) is 16.4. The molecule has 136 valence electrons. The van der Waals surface area contributed by atoms with Crippen LogP contribution in [0.1, 0.15) is 17.4 Å². The first-order valence-corrected chi connectivity index (χ1v) is 9.65. The summed E-state index contributed by atoms with van der Waals surface area (Å²) in [7, 11) is -1.94. The van der Waals surface area contributed by atoms with Crippen molar-refractivity contribution in [2.75, 3.05) is 26.2 Å². The Morgan fingerprint density at radius 2 is 1.92 bits per heavy atom. The van der Waals surface area contributed by atoms with Gasteiger partial charge in [0.15, 0.2) is 5.69 Å². The molecule has 0 N–H and O–H groups in total. The summed E-state index contributed by atoms with van der Waals surface area (Å²) in [6.07, 6.45) is 4.39. The molecule has 1 aliphatic heterocycles. The van der Waals surface area contributed by atoms with Crippen LogP contribution in [-0.2, 0) is 23.6 Å². The van der Waals surface area contributed by atoms with Gasteiger partial charge >= 0.3 is 0 Å². The van der Waals surface area contributed by atoms with E-state index in [2.05, 4.69) is 10.2 Å². The predicted octanol–water partition coefficient (Wildman–Crippen LogP) is 0.437. The largest absolute Gasteiger partial charge is 0.335 e. The smallest absolute Gasteiger partial charge is 0.276 e. The number of rotatable bonds is 4. The average Bonchev–Trinajstić information content (AvgIpc) is 3.20. The van der Waals surface area contributed by atoms with Crippen LogP contribution in [0.5, 0.6) is 0 Å². The van der Waals surface area contributed by atoms with E-state index in [1.54, 1.807) is 22.8 Å². The molecule has 0 unspecified atom stereocenters. The van der Waals surface area contributed by atoms with Gasteiger partial charge in [0.2, 0.25) is 10.0 Å². The van der Waals surface area contributed by atoms with Crippen LogP contribution in [0.4, 0.5) is 0 Å². The number of halogens is 1. The highest BCUT2D eigenvalue weighted by Crippen LogP contribution is 2.20. The van der Waals surface area contributed by atoms with Gasteiger partial charge in [0.1, 0.15) is 4.90 Å². The van der Waals surface area contributed by atoms with Crippen LogP contribution in [0.3, 0.4) is 0 Å². The van der Waals surface area contributed by atoms with Crippen LogP contribution in [-0.4, -0.2) is 69.3 Å². The van der Waals surface area contributed by atoms with Crippen molar-refractivity contribution < 1.29 is 13.2 Å². The molecule has 9 nitrogen and oxygen atoms in total. The number of hydrogen-bond donors (Lipinski definition) is 0. The topological polar surface area (TPSA) is 93.3 Å². The lowest BCUT2D eigenvalue weighted by molar-refractivity contribution is 0.0691. The molecule has 1 aliphatic rings. The van der Waals surface area contributed by atoms with E-state index in [1.807, 2.05) is 6.92 Å². The fraction of sp³-hybridized carbons (Fsp3) is 0.500. The maximum Gasteiger partial charge on any atom is 0.276 e. The monoisotopic (exact) mass is 386 g/mol. The predicted molar refractivity (Wildman–Crippen MR) is 90.8 cm³/mol. The zero-order chi connectivity index (χ0) is 18.2. The Labute approximate surface area is 150 Å². The van der Waals surface area contributed by atoms with E-state index in [4.69, 9.17) is 11.6 Å². The highest BCUT2D eigenvalue weighted by Gasteiger charge is 2.32. The lowest BCUT2D eigenvalue weighted by Crippen LogP contribution is -2.50. The van der Waals surface area contributed by atoms with Crippen LogP contribution in [0.15, 0.2) is 23.5 Å². The molecule has 11 heteroatoms. The zero-order valence-corrected chi connectivity index (χ0v) is 15.5. The zero-order valence-electron chi connectivity index (χ0n) is 14.0. The van der Waals surface area contributed by atoms with Gasteiger partial charge in [0.05, 0.1) is 11.2 Å². The van der Waals surface area contributed by atoms with E-state index in [-0.39, 0.29) is 42.7 Å². The van der Waals surface area contributed by atoms with Crippen LogP contribution in [0.25, 0.3) is 0 Å². The fourth-order valence-corrected chi connectivity index (χ4v) is 4.31. The average molecular weight is 387 g/mol. The summed E-state index contributed by atoms with van der Waals surface area (Å²) in [4.78, 5) is 14.3. The Morgan fingerprint density at radius 3 is 2.44 bits per heavy atom. The summed E-state index contributed by atoms with van der Waals surface area (Å²) in [6, 6.07) is 0. The van der Waals surface area contributed by atoms with Crippen LogP contribution in [0.2, 0.25) is 5.02 Å². The Balaban J connectivity index is 1.69. The molecule has 2 aromatic heterocycles. The van der Waals surface area contributed by atoms with Crippen molar-refractivity contribution in [3.63, 3.8) is 0 Å². The van der Waals surface area contributed by atoms with Gasteiger partial charge in [-0.1, -0.05) is 11.6 Å². The number of carbonyl (C=O) groups excluding carboxylic acids is 1. The molecule has 0 aliphatic carbocycles. The highest BCUT2D eigenvalue weighted by molar-refractivity contribution is 7.89. The molecule has 1 saturated heterocycles. The fourth-order valence-electron chi connectivity index (χ4n) is 2.67. The first kappa shape index (κ1) is 17.9. The molecule has 0 saturated carbocycles. The Kier molecular flexibility index (Phi) is 4.85. The van der Waals surface area contributed by atoms with Gasteiger partial charge in [-0.15, -0.1) is 0 Å². The highest BCUT2D eigenvalue weighted by atomic mass is 35.5. The lowest BCUT2D eigenvalue weighted by Gasteiger charge is -2.33. The SMILES string of the molecule is CCn1cc(Cl)c(C(=O)N2CCN(S(=O)(=O)c3cnn(C)c3)CC2)n1. The number of carbonyl (C=O) groups is 1. The third-order valence-corrected chi connectivity index (χ3v) is 6.22. The molecule has 0 aromatic carbocycles. The molecule has 3 heterocycles. The minimum atomic E-state index is -3.60. The van der Waals surface area contributed by atoms with E-state index >= 15 is 0 Å². The van der Waals surface area contributed by atoms with Gasteiger partial charge in [0.25, 0.3) is 5.91 Å². The molecule has 3 rings (SSSR count). The Hall–Kier alpha value is -1.91. The van der Waals surface area contributed by atoms with Gasteiger partial charge < -0.3 is 4.90 Å². The van der Waals surface area contributed by atoms with Crippen molar-refractivity contribution in [1.29, 1.82) is 0 Å². The summed E-state index contributed by atoms with van der Waals surface area (Å²) < 4.78 is 29.6. The van der Waals surface area contributed by atoms with E-state index in [0.717, 1.165) is 0 Å². The molecule has 1 fully saturated rings. The van der Waals surface area contributed by atoms with Gasteiger partial charge in [-0.2, -0.15) is 14.5 Å². The minimum absolute atomic E-state index is 0.152. The Morgan fingerprint density at radius 1 is 1.24 bits per heavy atom. The van der Waals surface area contributed by atoms with E-state index < -0.39 is 10.0 Å².